The molecule has 1 saturated heterocycles. The van der Waals surface area contributed by atoms with Crippen LogP contribution in [-0.2, 0) is 6.54 Å². The maximum atomic E-state index is 9.61. The minimum absolute atomic E-state index is 0.183. The average molecular weight is 256 g/mol. The minimum atomic E-state index is -0.183. The Kier molecular flexibility index (Phi) is 4.26. The Hall–Kier alpha value is -0.770. The first kappa shape index (κ1) is 12.7. The second kappa shape index (κ2) is 5.71. The van der Waals surface area contributed by atoms with Gasteiger partial charge in [0.05, 0.1) is 18.2 Å². The van der Waals surface area contributed by atoms with Gasteiger partial charge in [-0.05, 0) is 37.1 Å². The number of hydrogen-bond acceptors (Lipinski definition) is 3. The first-order chi connectivity index (χ1) is 8.19. The molecule has 0 spiro atoms. The molecule has 3 nitrogen and oxygen atoms in total. The van der Waals surface area contributed by atoms with Crippen molar-refractivity contribution in [2.75, 3.05) is 20.2 Å². The minimum Gasteiger partial charge on any atom is -0.495 e. The number of ether oxygens (including phenoxy) is 1. The Labute approximate surface area is 107 Å². The van der Waals surface area contributed by atoms with Gasteiger partial charge in [0.25, 0.3) is 0 Å². The normalized spacial score (nSPS) is 21.5. The standard InChI is InChI=1S/C13H18ClNO2/c1-17-13-5-4-10(7-12(13)14)8-15-6-2-3-11(16)9-15/h4-5,7,11,16H,2-3,6,8-9H2,1H3/t11-/m1/s1. The number of aliphatic hydroxyl groups is 1. The molecule has 0 radical (unpaired) electrons. The summed E-state index contributed by atoms with van der Waals surface area (Å²) < 4.78 is 5.12. The van der Waals surface area contributed by atoms with Crippen LogP contribution < -0.4 is 4.74 Å². The fraction of sp³-hybridized carbons (Fsp3) is 0.538. The van der Waals surface area contributed by atoms with Gasteiger partial charge >= 0.3 is 0 Å². The Bertz CT molecular complexity index is 384. The molecule has 0 amide bonds. The molecule has 1 aromatic carbocycles. The first-order valence-corrected chi connectivity index (χ1v) is 6.29. The number of piperidine rings is 1. The number of hydrogen-bond donors (Lipinski definition) is 1. The van der Waals surface area contributed by atoms with Crippen molar-refractivity contribution in [3.8, 4) is 5.75 Å². The van der Waals surface area contributed by atoms with E-state index in [1.54, 1.807) is 7.11 Å². The van der Waals surface area contributed by atoms with Gasteiger partial charge in [0, 0.05) is 13.1 Å². The number of rotatable bonds is 3. The van der Waals surface area contributed by atoms with Crippen molar-refractivity contribution in [3.63, 3.8) is 0 Å². The summed E-state index contributed by atoms with van der Waals surface area (Å²) >= 11 is 6.08. The second-order valence-electron chi connectivity index (χ2n) is 4.50. The van der Waals surface area contributed by atoms with E-state index in [1.165, 1.54) is 0 Å². The molecule has 1 aliphatic heterocycles. The molecule has 1 heterocycles. The van der Waals surface area contributed by atoms with Crippen LogP contribution in [0.25, 0.3) is 0 Å². The fourth-order valence-corrected chi connectivity index (χ4v) is 2.52. The summed E-state index contributed by atoms with van der Waals surface area (Å²) in [6, 6.07) is 5.84. The van der Waals surface area contributed by atoms with Crippen LogP contribution >= 0.6 is 11.6 Å². The maximum absolute atomic E-state index is 9.61. The predicted octanol–water partition coefficient (Wildman–Crippen LogP) is 2.31. The number of nitrogens with zero attached hydrogens (tertiary/aromatic N) is 1. The molecule has 1 fully saturated rings. The van der Waals surface area contributed by atoms with Crippen molar-refractivity contribution in [1.82, 2.24) is 4.90 Å². The Balaban J connectivity index is 2.00. The van der Waals surface area contributed by atoms with Gasteiger partial charge in [0.15, 0.2) is 0 Å². The van der Waals surface area contributed by atoms with E-state index in [4.69, 9.17) is 16.3 Å². The molecule has 1 N–H and O–H groups in total. The molecular weight excluding hydrogens is 238 g/mol. The largest absolute Gasteiger partial charge is 0.495 e. The van der Waals surface area contributed by atoms with E-state index in [0.29, 0.717) is 10.8 Å². The van der Waals surface area contributed by atoms with E-state index in [0.717, 1.165) is 38.0 Å². The van der Waals surface area contributed by atoms with Crippen molar-refractivity contribution in [1.29, 1.82) is 0 Å². The molecule has 2 rings (SSSR count). The fourth-order valence-electron chi connectivity index (χ4n) is 2.24. The number of halogens is 1. The van der Waals surface area contributed by atoms with Crippen molar-refractivity contribution < 1.29 is 9.84 Å². The summed E-state index contributed by atoms with van der Waals surface area (Å²) in [5, 5.41) is 10.2. The van der Waals surface area contributed by atoms with Crippen LogP contribution in [0.15, 0.2) is 18.2 Å². The maximum Gasteiger partial charge on any atom is 0.137 e. The lowest BCUT2D eigenvalue weighted by Crippen LogP contribution is -2.37. The van der Waals surface area contributed by atoms with Crippen LogP contribution in [-0.4, -0.2) is 36.3 Å². The number of likely N-dealkylation sites (tertiary alicyclic amines) is 1. The van der Waals surface area contributed by atoms with E-state index in [9.17, 15) is 5.11 Å². The van der Waals surface area contributed by atoms with Gasteiger partial charge in [0.2, 0.25) is 0 Å². The van der Waals surface area contributed by atoms with Crippen LogP contribution in [0.4, 0.5) is 0 Å². The van der Waals surface area contributed by atoms with E-state index in [2.05, 4.69) is 4.90 Å². The summed E-state index contributed by atoms with van der Waals surface area (Å²) in [6.07, 6.45) is 1.79. The second-order valence-corrected chi connectivity index (χ2v) is 4.91. The number of methoxy groups -OCH3 is 1. The van der Waals surface area contributed by atoms with Crippen LogP contribution in [0.2, 0.25) is 5.02 Å². The highest BCUT2D eigenvalue weighted by molar-refractivity contribution is 6.32. The molecule has 0 unspecified atom stereocenters. The van der Waals surface area contributed by atoms with Gasteiger partial charge in [-0.25, -0.2) is 0 Å². The highest BCUT2D eigenvalue weighted by Gasteiger charge is 2.17. The van der Waals surface area contributed by atoms with Crippen molar-refractivity contribution in [3.05, 3.63) is 28.8 Å². The number of β-amino-alcohol motifs (C(OH)–C–C–N with tert-alkyl or cyclic N) is 1. The monoisotopic (exact) mass is 255 g/mol. The summed E-state index contributed by atoms with van der Waals surface area (Å²) in [5.74, 6) is 0.703. The SMILES string of the molecule is COc1ccc(CN2CCC[C@@H](O)C2)cc1Cl. The van der Waals surface area contributed by atoms with Crippen LogP contribution in [0.5, 0.6) is 5.75 Å². The Morgan fingerprint density at radius 3 is 3.00 bits per heavy atom. The van der Waals surface area contributed by atoms with Crippen LogP contribution in [0.1, 0.15) is 18.4 Å². The molecule has 0 aromatic heterocycles. The molecule has 1 aromatic rings. The van der Waals surface area contributed by atoms with Gasteiger partial charge in [-0.2, -0.15) is 0 Å². The lowest BCUT2D eigenvalue weighted by Gasteiger charge is -2.30. The van der Waals surface area contributed by atoms with Crippen molar-refractivity contribution in [2.45, 2.75) is 25.5 Å². The molecule has 1 aliphatic rings. The molecular formula is C13H18ClNO2. The van der Waals surface area contributed by atoms with Gasteiger partial charge in [-0.3, -0.25) is 4.90 Å². The molecule has 94 valence electrons. The lowest BCUT2D eigenvalue weighted by molar-refractivity contribution is 0.0668. The number of aliphatic hydroxyl groups excluding tert-OH is 1. The molecule has 0 saturated carbocycles. The third-order valence-electron chi connectivity index (χ3n) is 3.10. The zero-order valence-electron chi connectivity index (χ0n) is 10.0. The summed E-state index contributed by atoms with van der Waals surface area (Å²) in [6.45, 7) is 2.63. The highest BCUT2D eigenvalue weighted by atomic mass is 35.5. The van der Waals surface area contributed by atoms with Crippen molar-refractivity contribution in [2.24, 2.45) is 0 Å². The quantitative estimate of drug-likeness (QED) is 0.900. The Morgan fingerprint density at radius 2 is 2.35 bits per heavy atom. The smallest absolute Gasteiger partial charge is 0.137 e. The predicted molar refractivity (Wildman–Crippen MR) is 68.5 cm³/mol. The zero-order valence-corrected chi connectivity index (χ0v) is 10.8. The van der Waals surface area contributed by atoms with Gasteiger partial charge in [-0.1, -0.05) is 17.7 Å². The van der Waals surface area contributed by atoms with E-state index in [1.807, 2.05) is 18.2 Å². The first-order valence-electron chi connectivity index (χ1n) is 5.92. The molecule has 17 heavy (non-hydrogen) atoms. The van der Waals surface area contributed by atoms with E-state index in [-0.39, 0.29) is 6.10 Å². The third-order valence-corrected chi connectivity index (χ3v) is 3.40. The summed E-state index contributed by atoms with van der Waals surface area (Å²) in [7, 11) is 1.61. The van der Waals surface area contributed by atoms with Gasteiger partial charge < -0.3 is 9.84 Å². The third kappa shape index (κ3) is 3.35. The molecule has 0 bridgehead atoms. The topological polar surface area (TPSA) is 32.7 Å². The summed E-state index contributed by atoms with van der Waals surface area (Å²) in [4.78, 5) is 2.26. The van der Waals surface area contributed by atoms with Gasteiger partial charge in [0.1, 0.15) is 5.75 Å². The lowest BCUT2D eigenvalue weighted by atomic mass is 10.1. The zero-order chi connectivity index (χ0) is 12.3. The van der Waals surface area contributed by atoms with Crippen LogP contribution in [0.3, 0.4) is 0 Å². The summed E-state index contributed by atoms with van der Waals surface area (Å²) in [5.41, 5.74) is 1.16. The van der Waals surface area contributed by atoms with E-state index < -0.39 is 0 Å². The van der Waals surface area contributed by atoms with Crippen molar-refractivity contribution >= 4 is 11.6 Å². The average Bonchev–Trinajstić information content (AvgIpc) is 2.29. The molecule has 0 aliphatic carbocycles. The van der Waals surface area contributed by atoms with Gasteiger partial charge in [-0.15, -0.1) is 0 Å². The van der Waals surface area contributed by atoms with E-state index >= 15 is 0 Å². The number of benzene rings is 1. The molecule has 4 heteroatoms. The van der Waals surface area contributed by atoms with Crippen LogP contribution in [0, 0.1) is 0 Å². The molecule has 1 atom stereocenters. The Morgan fingerprint density at radius 1 is 1.53 bits per heavy atom. The highest BCUT2D eigenvalue weighted by Crippen LogP contribution is 2.26.